The van der Waals surface area contributed by atoms with Crippen LogP contribution in [0.15, 0.2) is 53.3 Å². The van der Waals surface area contributed by atoms with Gasteiger partial charge in [0.05, 0.1) is 0 Å². The first kappa shape index (κ1) is 13.8. The van der Waals surface area contributed by atoms with Gasteiger partial charge in [0.25, 0.3) is 5.91 Å². The molecule has 1 aromatic carbocycles. The van der Waals surface area contributed by atoms with Crippen LogP contribution >= 0.6 is 23.2 Å². The number of carbonyl (C=O) groups is 1. The van der Waals surface area contributed by atoms with Gasteiger partial charge in [-0.05, 0) is 35.9 Å². The Morgan fingerprint density at radius 3 is 2.71 bits per heavy atom. The van der Waals surface area contributed by atoms with Crippen molar-refractivity contribution in [1.29, 1.82) is 0 Å². The molecular formula is C15H9Cl2N3O. The van der Waals surface area contributed by atoms with Crippen LogP contribution in [0.5, 0.6) is 0 Å². The van der Waals surface area contributed by atoms with Gasteiger partial charge in [0.2, 0.25) is 0 Å². The van der Waals surface area contributed by atoms with E-state index in [1.165, 1.54) is 0 Å². The molecule has 0 fully saturated rings. The lowest BCUT2D eigenvalue weighted by molar-refractivity contribution is -0.115. The minimum Gasteiger partial charge on any atom is -0.303 e. The van der Waals surface area contributed by atoms with E-state index in [0.717, 1.165) is 0 Å². The third kappa shape index (κ3) is 2.96. The predicted octanol–water partition coefficient (Wildman–Crippen LogP) is 3.31. The van der Waals surface area contributed by atoms with E-state index in [1.54, 1.807) is 42.6 Å². The van der Waals surface area contributed by atoms with Gasteiger partial charge >= 0.3 is 0 Å². The molecule has 0 bridgehead atoms. The molecule has 1 amide bonds. The van der Waals surface area contributed by atoms with E-state index in [1.807, 2.05) is 6.07 Å². The molecule has 21 heavy (non-hydrogen) atoms. The molecule has 2 aromatic rings. The van der Waals surface area contributed by atoms with Crippen LogP contribution in [0, 0.1) is 0 Å². The van der Waals surface area contributed by atoms with Crippen molar-refractivity contribution >= 4 is 41.0 Å². The van der Waals surface area contributed by atoms with E-state index >= 15 is 0 Å². The summed E-state index contributed by atoms with van der Waals surface area (Å²) in [6.07, 6.45) is 3.26. The molecule has 0 saturated carbocycles. The summed E-state index contributed by atoms with van der Waals surface area (Å²) in [4.78, 5) is 20.4. The van der Waals surface area contributed by atoms with Crippen LogP contribution in [0.2, 0.25) is 10.0 Å². The number of benzene rings is 1. The van der Waals surface area contributed by atoms with Gasteiger partial charge in [-0.25, -0.2) is 4.99 Å². The fraction of sp³-hybridized carbons (Fsp3) is 0. The van der Waals surface area contributed by atoms with Crippen molar-refractivity contribution < 1.29 is 4.79 Å². The van der Waals surface area contributed by atoms with Crippen LogP contribution in [-0.2, 0) is 4.79 Å². The lowest BCUT2D eigenvalue weighted by Gasteiger charge is -1.99. The van der Waals surface area contributed by atoms with Gasteiger partial charge in [0, 0.05) is 16.2 Å². The predicted molar refractivity (Wildman–Crippen MR) is 83.4 cm³/mol. The van der Waals surface area contributed by atoms with Crippen LogP contribution < -0.4 is 5.32 Å². The molecule has 104 valence electrons. The molecule has 0 aliphatic carbocycles. The Morgan fingerprint density at radius 2 is 2.00 bits per heavy atom. The first-order valence-corrected chi connectivity index (χ1v) is 6.87. The number of rotatable bonds is 2. The minimum absolute atomic E-state index is 0.278. The number of aliphatic imine (C=N–C) groups is 1. The summed E-state index contributed by atoms with van der Waals surface area (Å²) < 4.78 is 0. The van der Waals surface area contributed by atoms with Crippen molar-refractivity contribution in [3.05, 3.63) is 69.6 Å². The molecular weight excluding hydrogens is 309 g/mol. The van der Waals surface area contributed by atoms with Crippen LogP contribution in [0.1, 0.15) is 11.3 Å². The number of hydrogen-bond acceptors (Lipinski definition) is 3. The molecule has 1 aliphatic heterocycles. The Hall–Kier alpha value is -2.17. The Morgan fingerprint density at radius 1 is 1.14 bits per heavy atom. The quantitative estimate of drug-likeness (QED) is 0.864. The first-order chi connectivity index (χ1) is 10.1. The maximum absolute atomic E-state index is 11.9. The molecule has 0 atom stereocenters. The summed E-state index contributed by atoms with van der Waals surface area (Å²) in [5, 5.41) is 3.68. The second-order valence-corrected chi connectivity index (χ2v) is 5.17. The average molecular weight is 318 g/mol. The Bertz CT molecular complexity index is 770. The highest BCUT2D eigenvalue weighted by atomic mass is 35.5. The molecule has 1 aliphatic rings. The fourth-order valence-electron chi connectivity index (χ4n) is 1.86. The summed E-state index contributed by atoms with van der Waals surface area (Å²) in [5.74, 6) is 0.138. The number of aromatic nitrogens is 1. The van der Waals surface area contributed by atoms with E-state index in [-0.39, 0.29) is 11.6 Å². The highest BCUT2D eigenvalue weighted by Gasteiger charge is 2.21. The number of nitrogens with zero attached hydrogens (tertiary/aromatic N) is 2. The number of hydrogen-bond donors (Lipinski definition) is 1. The van der Waals surface area contributed by atoms with Crippen LogP contribution in [0.25, 0.3) is 6.08 Å². The number of nitrogens with one attached hydrogen (secondary N) is 1. The molecule has 4 nitrogen and oxygen atoms in total. The maximum Gasteiger partial charge on any atom is 0.275 e. The molecule has 3 rings (SSSR count). The summed E-state index contributed by atoms with van der Waals surface area (Å²) in [6, 6.07) is 10.5. The van der Waals surface area contributed by atoms with Crippen LogP contribution in [-0.4, -0.2) is 16.7 Å². The van der Waals surface area contributed by atoms with Crippen LogP contribution in [0.4, 0.5) is 0 Å². The minimum atomic E-state index is -0.290. The number of carbonyl (C=O) groups excluding carboxylic acids is 1. The second-order valence-electron chi connectivity index (χ2n) is 4.32. The van der Waals surface area contributed by atoms with E-state index in [9.17, 15) is 4.79 Å². The topological polar surface area (TPSA) is 54.4 Å². The van der Waals surface area contributed by atoms with Crippen LogP contribution in [0.3, 0.4) is 0 Å². The van der Waals surface area contributed by atoms with Gasteiger partial charge < -0.3 is 5.32 Å². The lowest BCUT2D eigenvalue weighted by Crippen LogP contribution is -2.25. The normalized spacial score (nSPS) is 16.0. The summed E-state index contributed by atoms with van der Waals surface area (Å²) >= 11 is 11.9. The van der Waals surface area contributed by atoms with E-state index < -0.39 is 0 Å². The molecule has 1 N–H and O–H groups in total. The Balaban J connectivity index is 1.97. The standard InChI is InChI=1S/C15H9Cl2N3O/c16-10-5-4-9(11(17)8-10)7-13-15(21)20-14(19-13)12-3-1-2-6-18-12/h1-8H,(H,19,20,21)/b13-7-. The van der Waals surface area contributed by atoms with Crippen molar-refractivity contribution in [1.82, 2.24) is 10.3 Å². The zero-order valence-electron chi connectivity index (χ0n) is 10.7. The maximum atomic E-state index is 11.9. The zero-order chi connectivity index (χ0) is 14.8. The molecule has 0 spiro atoms. The Kier molecular flexibility index (Phi) is 3.73. The number of halogens is 2. The van der Waals surface area contributed by atoms with Gasteiger partial charge in [0.15, 0.2) is 5.84 Å². The molecule has 1 aromatic heterocycles. The summed E-state index contributed by atoms with van der Waals surface area (Å²) in [5.41, 5.74) is 1.56. The highest BCUT2D eigenvalue weighted by Crippen LogP contribution is 2.24. The third-order valence-electron chi connectivity index (χ3n) is 2.86. The molecule has 0 unspecified atom stereocenters. The van der Waals surface area contributed by atoms with Crippen molar-refractivity contribution in [3.8, 4) is 0 Å². The van der Waals surface area contributed by atoms with Gasteiger partial charge in [-0.15, -0.1) is 0 Å². The highest BCUT2D eigenvalue weighted by molar-refractivity contribution is 6.35. The summed E-state index contributed by atoms with van der Waals surface area (Å²) in [7, 11) is 0. The molecule has 2 heterocycles. The molecule has 0 radical (unpaired) electrons. The Labute approximate surface area is 131 Å². The lowest BCUT2D eigenvalue weighted by atomic mass is 10.2. The fourth-order valence-corrected chi connectivity index (χ4v) is 2.32. The third-order valence-corrected chi connectivity index (χ3v) is 3.42. The number of amides is 1. The SMILES string of the molecule is O=C1NC(c2ccccn2)=N/C1=C\c1ccc(Cl)cc1Cl. The van der Waals surface area contributed by atoms with Crippen molar-refractivity contribution in [2.75, 3.05) is 0 Å². The smallest absolute Gasteiger partial charge is 0.275 e. The average Bonchev–Trinajstić information content (AvgIpc) is 2.84. The van der Waals surface area contributed by atoms with E-state index in [2.05, 4.69) is 15.3 Å². The van der Waals surface area contributed by atoms with Crippen molar-refractivity contribution in [2.24, 2.45) is 4.99 Å². The number of pyridine rings is 1. The van der Waals surface area contributed by atoms with Gasteiger partial charge in [-0.2, -0.15) is 0 Å². The van der Waals surface area contributed by atoms with Gasteiger partial charge in [-0.1, -0.05) is 35.3 Å². The number of amidine groups is 1. The largest absolute Gasteiger partial charge is 0.303 e. The van der Waals surface area contributed by atoms with Crippen molar-refractivity contribution in [3.63, 3.8) is 0 Å². The van der Waals surface area contributed by atoms with E-state index in [0.29, 0.717) is 27.1 Å². The molecule has 0 saturated heterocycles. The molecule has 6 heteroatoms. The van der Waals surface area contributed by atoms with E-state index in [4.69, 9.17) is 23.2 Å². The second kappa shape index (κ2) is 5.68. The van der Waals surface area contributed by atoms with Gasteiger partial charge in [-0.3, -0.25) is 9.78 Å². The monoisotopic (exact) mass is 317 g/mol. The van der Waals surface area contributed by atoms with Gasteiger partial charge in [0.1, 0.15) is 11.4 Å². The zero-order valence-corrected chi connectivity index (χ0v) is 12.2. The summed E-state index contributed by atoms with van der Waals surface area (Å²) in [6.45, 7) is 0. The first-order valence-electron chi connectivity index (χ1n) is 6.12. The van der Waals surface area contributed by atoms with Crippen molar-refractivity contribution in [2.45, 2.75) is 0 Å².